The molecule has 0 aromatic carbocycles. The molecule has 0 amide bonds. The molecule has 0 bridgehead atoms. The molecule has 1 heterocycles. The topological polar surface area (TPSA) is 114 Å². The molecule has 222 valence electrons. The van der Waals surface area contributed by atoms with Crippen molar-refractivity contribution >= 4 is 29.2 Å². The number of alkyl halides is 3. The van der Waals surface area contributed by atoms with Gasteiger partial charge >= 0.3 is 34.7 Å². The first-order chi connectivity index (χ1) is 17.9. The van der Waals surface area contributed by atoms with Crippen LogP contribution in [0, 0.1) is 11.8 Å². The van der Waals surface area contributed by atoms with Crippen molar-refractivity contribution in [1.29, 1.82) is 0 Å². The number of carbonyl (C=O) groups excluding carboxylic acids is 2. The number of ether oxygens (including phenoxy) is 2. The summed E-state index contributed by atoms with van der Waals surface area (Å²) in [5.41, 5.74) is -5.08. The number of halogens is 3. The van der Waals surface area contributed by atoms with Gasteiger partial charge in [0.15, 0.2) is 0 Å². The Morgan fingerprint density at radius 2 is 1.38 bits per heavy atom. The highest BCUT2D eigenvalue weighted by atomic mass is 32.2. The lowest BCUT2D eigenvalue weighted by atomic mass is 9.69. The van der Waals surface area contributed by atoms with Crippen LogP contribution < -0.4 is 0 Å². The lowest BCUT2D eigenvalue weighted by molar-refractivity contribution is -0.149. The van der Waals surface area contributed by atoms with Crippen LogP contribution in [-0.2, 0) is 42.7 Å². The van der Waals surface area contributed by atoms with Crippen LogP contribution in [0.5, 0.6) is 0 Å². The second-order valence-corrected chi connectivity index (χ2v) is 12.0. The number of hydrogen-bond acceptors (Lipinski definition) is 9. The van der Waals surface area contributed by atoms with E-state index in [-0.39, 0.29) is 55.4 Å². The lowest BCUT2D eigenvalue weighted by Gasteiger charge is -2.32. The maximum absolute atomic E-state index is 12.1. The van der Waals surface area contributed by atoms with E-state index < -0.39 is 27.5 Å². The smallest absolute Gasteiger partial charge is 0.466 e. The first-order valence-electron chi connectivity index (χ1n) is 13.0. The Hall–Kier alpha value is -2.06. The monoisotopic (exact) mass is 582 g/mol. The summed E-state index contributed by atoms with van der Waals surface area (Å²) in [7, 11) is -6.02. The van der Waals surface area contributed by atoms with Crippen molar-refractivity contribution in [2.75, 3.05) is 13.2 Å². The molecule has 0 radical (unpaired) electrons. The average Bonchev–Trinajstić information content (AvgIpc) is 3.06. The van der Waals surface area contributed by atoms with Gasteiger partial charge in [0.2, 0.25) is 0 Å². The number of esters is 2. The zero-order chi connectivity index (χ0) is 29.6. The molecule has 2 aliphatic carbocycles. The average molecular weight is 582 g/mol. The molecule has 2 unspecified atom stereocenters. The number of allylic oxidation sites excluding steroid dienone is 4. The molecule has 0 aromatic rings. The van der Waals surface area contributed by atoms with Gasteiger partial charge in [-0.3, -0.25) is 9.59 Å². The highest BCUT2D eigenvalue weighted by Gasteiger charge is 2.53. The van der Waals surface area contributed by atoms with E-state index in [1.807, 2.05) is 34.6 Å². The molecule has 0 spiro atoms. The van der Waals surface area contributed by atoms with Gasteiger partial charge in [0.1, 0.15) is 5.76 Å². The third kappa shape index (κ3) is 8.71. The molecular formula is C25H38BF3O9S. The van der Waals surface area contributed by atoms with E-state index in [1.54, 1.807) is 6.92 Å². The van der Waals surface area contributed by atoms with Crippen molar-refractivity contribution in [3.8, 4) is 0 Å². The zero-order valence-electron chi connectivity index (χ0n) is 23.3. The van der Waals surface area contributed by atoms with E-state index in [0.29, 0.717) is 19.4 Å². The summed E-state index contributed by atoms with van der Waals surface area (Å²) in [5.74, 6) is -1.78. The van der Waals surface area contributed by atoms with Crippen LogP contribution in [0.4, 0.5) is 13.2 Å². The summed E-state index contributed by atoms with van der Waals surface area (Å²) in [4.78, 5) is 23.3. The molecule has 0 aromatic heterocycles. The third-order valence-corrected chi connectivity index (χ3v) is 8.03. The Bertz CT molecular complexity index is 1040. The van der Waals surface area contributed by atoms with Gasteiger partial charge in [-0.1, -0.05) is 6.08 Å². The molecule has 3 rings (SSSR count). The Morgan fingerprint density at radius 3 is 1.85 bits per heavy atom. The molecule has 1 fully saturated rings. The van der Waals surface area contributed by atoms with E-state index in [2.05, 4.69) is 10.3 Å². The summed E-state index contributed by atoms with van der Waals surface area (Å²) in [6.07, 6.45) is 6.22. The van der Waals surface area contributed by atoms with Gasteiger partial charge in [0.25, 0.3) is 0 Å². The predicted octanol–water partition coefficient (Wildman–Crippen LogP) is 5.01. The summed E-state index contributed by atoms with van der Waals surface area (Å²) in [6.45, 7) is 12.2. The maximum Gasteiger partial charge on any atom is 0.534 e. The van der Waals surface area contributed by atoms with Crippen molar-refractivity contribution in [3.63, 3.8) is 0 Å². The minimum Gasteiger partial charge on any atom is -0.466 e. The Kier molecular flexibility index (Phi) is 11.1. The number of hydrogen-bond donors (Lipinski definition) is 0. The number of rotatable bonds is 7. The minimum absolute atomic E-state index is 0.0611. The van der Waals surface area contributed by atoms with Crippen molar-refractivity contribution in [2.24, 2.45) is 11.8 Å². The fourth-order valence-corrected chi connectivity index (χ4v) is 4.69. The van der Waals surface area contributed by atoms with Crippen LogP contribution in [0.3, 0.4) is 0 Å². The van der Waals surface area contributed by atoms with Crippen molar-refractivity contribution < 1.29 is 54.1 Å². The summed E-state index contributed by atoms with van der Waals surface area (Å²) in [6, 6.07) is 0. The Labute approximate surface area is 228 Å². The Balaban J connectivity index is 0.000000274. The van der Waals surface area contributed by atoms with E-state index in [9.17, 15) is 31.2 Å². The van der Waals surface area contributed by atoms with Gasteiger partial charge in [-0.05, 0) is 85.2 Å². The molecular weight excluding hydrogens is 544 g/mol. The van der Waals surface area contributed by atoms with Gasteiger partial charge in [-0.2, -0.15) is 21.6 Å². The van der Waals surface area contributed by atoms with Crippen LogP contribution in [0.1, 0.15) is 80.1 Å². The van der Waals surface area contributed by atoms with Crippen LogP contribution >= 0.6 is 0 Å². The van der Waals surface area contributed by atoms with Crippen LogP contribution in [-0.4, -0.2) is 57.4 Å². The van der Waals surface area contributed by atoms with Crippen LogP contribution in [0.2, 0.25) is 0 Å². The summed E-state index contributed by atoms with van der Waals surface area (Å²) >= 11 is 0. The van der Waals surface area contributed by atoms with Gasteiger partial charge in [-0.15, -0.1) is 0 Å². The first kappa shape index (κ1) is 33.2. The second-order valence-electron chi connectivity index (χ2n) is 10.5. The highest BCUT2D eigenvalue weighted by Crippen LogP contribution is 2.41. The van der Waals surface area contributed by atoms with E-state index >= 15 is 0 Å². The molecule has 0 saturated carbocycles. The fraction of sp³-hybridized carbons (Fsp3) is 0.760. The molecule has 9 nitrogen and oxygen atoms in total. The molecule has 14 heteroatoms. The van der Waals surface area contributed by atoms with Crippen molar-refractivity contribution in [3.05, 3.63) is 23.4 Å². The standard InChI is InChI=1S/C15H25BO4.C10H13F3O5S/c1-6-18-13(17)11-8-7-9-12(10-11)16-19-14(2,3)15(4,5)20-16;1-2-17-9(14)7-4-3-5-8(6-7)18-19(15,16)10(11,12)13/h9,11H,6-8,10H2,1-5H3;5,7H,2-4,6H2,1H3. The molecule has 39 heavy (non-hydrogen) atoms. The highest BCUT2D eigenvalue weighted by molar-refractivity contribution is 7.87. The van der Waals surface area contributed by atoms with E-state index in [4.69, 9.17) is 18.8 Å². The quantitative estimate of drug-likeness (QED) is 0.177. The summed E-state index contributed by atoms with van der Waals surface area (Å²) in [5, 5.41) is 0. The molecule has 1 aliphatic heterocycles. The molecule has 0 N–H and O–H groups in total. The van der Waals surface area contributed by atoms with E-state index in [1.165, 1.54) is 6.08 Å². The fourth-order valence-electron chi connectivity index (χ4n) is 4.18. The normalized spacial score (nSPS) is 24.5. The van der Waals surface area contributed by atoms with Gasteiger partial charge in [0, 0.05) is 6.42 Å². The number of carbonyl (C=O) groups is 2. The first-order valence-corrected chi connectivity index (χ1v) is 14.4. The van der Waals surface area contributed by atoms with Crippen LogP contribution in [0.15, 0.2) is 23.4 Å². The van der Waals surface area contributed by atoms with Crippen molar-refractivity contribution in [2.45, 2.75) is 96.8 Å². The SMILES string of the molecule is CCOC(=O)C1CCC=C(B2OC(C)(C)C(C)(C)O2)C1.CCOC(=O)C1CCC=C(OS(=O)(=O)C(F)(F)F)C1. The third-order valence-electron chi connectivity index (χ3n) is 7.03. The maximum atomic E-state index is 12.1. The van der Waals surface area contributed by atoms with Crippen molar-refractivity contribution in [1.82, 2.24) is 0 Å². The van der Waals surface area contributed by atoms with Gasteiger partial charge < -0.3 is 23.0 Å². The predicted molar refractivity (Wildman–Crippen MR) is 136 cm³/mol. The lowest BCUT2D eigenvalue weighted by Crippen LogP contribution is -2.41. The van der Waals surface area contributed by atoms with Gasteiger partial charge in [-0.25, -0.2) is 0 Å². The minimum atomic E-state index is -5.68. The van der Waals surface area contributed by atoms with Gasteiger partial charge in [0.05, 0.1) is 36.3 Å². The molecule has 3 aliphatic rings. The zero-order valence-corrected chi connectivity index (χ0v) is 24.1. The Morgan fingerprint density at radius 1 is 0.923 bits per heavy atom. The molecule has 2 atom stereocenters. The molecule has 1 saturated heterocycles. The summed E-state index contributed by atoms with van der Waals surface area (Å²) < 4.78 is 84.0. The largest absolute Gasteiger partial charge is 0.534 e. The van der Waals surface area contributed by atoms with E-state index in [0.717, 1.165) is 18.3 Å². The van der Waals surface area contributed by atoms with Crippen LogP contribution in [0.25, 0.3) is 0 Å². The second kappa shape index (κ2) is 13.1.